The molecular formula is C12H23N3O3. The van der Waals surface area contributed by atoms with Crippen LogP contribution >= 0.6 is 0 Å². The maximum absolute atomic E-state index is 12.0. The molecule has 6 heteroatoms. The van der Waals surface area contributed by atoms with Gasteiger partial charge in [0.25, 0.3) is 0 Å². The maximum atomic E-state index is 12.0. The Balaban J connectivity index is 2.34. The van der Waals surface area contributed by atoms with Crippen molar-refractivity contribution in [3.8, 4) is 0 Å². The molecule has 1 heterocycles. The number of rotatable bonds is 5. The highest BCUT2D eigenvalue weighted by Gasteiger charge is 2.25. The number of hydrogen-bond donors (Lipinski definition) is 1. The molecule has 0 radical (unpaired) electrons. The van der Waals surface area contributed by atoms with E-state index in [1.54, 1.807) is 0 Å². The summed E-state index contributed by atoms with van der Waals surface area (Å²) in [6.45, 7) is 5.76. The quantitative estimate of drug-likeness (QED) is 0.651. The largest absolute Gasteiger partial charge is 0.468 e. The van der Waals surface area contributed by atoms with Gasteiger partial charge in [0.15, 0.2) is 0 Å². The number of methoxy groups -OCH3 is 1. The van der Waals surface area contributed by atoms with Crippen molar-refractivity contribution in [3.63, 3.8) is 0 Å². The molecule has 0 aromatic rings. The molecule has 1 N–H and O–H groups in total. The number of amides is 1. The fourth-order valence-corrected chi connectivity index (χ4v) is 2.08. The van der Waals surface area contributed by atoms with Crippen molar-refractivity contribution >= 4 is 11.9 Å². The van der Waals surface area contributed by atoms with E-state index in [0.29, 0.717) is 26.2 Å². The standard InChI is InChI=1S/C12H23N3O3/c1-10(8-13-2)12(17)15-6-4-14(5-7-15)9-11(16)18-3/h10,13H,4-9H2,1-3H3. The highest BCUT2D eigenvalue weighted by molar-refractivity contribution is 5.79. The van der Waals surface area contributed by atoms with Crippen molar-refractivity contribution in [3.05, 3.63) is 0 Å². The molecule has 1 saturated heterocycles. The van der Waals surface area contributed by atoms with Gasteiger partial charge < -0.3 is 15.0 Å². The summed E-state index contributed by atoms with van der Waals surface area (Å²) in [5.74, 6) is -0.0393. The average molecular weight is 257 g/mol. The third kappa shape index (κ3) is 4.27. The molecule has 6 nitrogen and oxygen atoms in total. The first-order chi connectivity index (χ1) is 8.58. The number of esters is 1. The van der Waals surface area contributed by atoms with Gasteiger partial charge in [0.1, 0.15) is 0 Å². The van der Waals surface area contributed by atoms with Gasteiger partial charge in [-0.1, -0.05) is 6.92 Å². The molecule has 1 atom stereocenters. The van der Waals surface area contributed by atoms with Crippen LogP contribution in [0.4, 0.5) is 0 Å². The number of ether oxygens (including phenoxy) is 1. The minimum absolute atomic E-state index is 0.00200. The first kappa shape index (κ1) is 14.9. The van der Waals surface area contributed by atoms with Gasteiger partial charge in [-0.15, -0.1) is 0 Å². The summed E-state index contributed by atoms with van der Waals surface area (Å²) in [7, 11) is 3.24. The highest BCUT2D eigenvalue weighted by Crippen LogP contribution is 2.07. The number of nitrogens with zero attached hydrogens (tertiary/aromatic N) is 2. The molecule has 0 spiro atoms. The number of nitrogens with one attached hydrogen (secondary N) is 1. The maximum Gasteiger partial charge on any atom is 0.319 e. The van der Waals surface area contributed by atoms with Crippen molar-refractivity contribution in [2.45, 2.75) is 6.92 Å². The van der Waals surface area contributed by atoms with Crippen LogP contribution in [0.5, 0.6) is 0 Å². The van der Waals surface area contributed by atoms with E-state index in [0.717, 1.165) is 13.1 Å². The lowest BCUT2D eigenvalue weighted by Crippen LogP contribution is -2.51. The molecule has 1 unspecified atom stereocenters. The van der Waals surface area contributed by atoms with Gasteiger partial charge >= 0.3 is 5.97 Å². The van der Waals surface area contributed by atoms with Crippen LogP contribution < -0.4 is 5.32 Å². The summed E-state index contributed by atoms with van der Waals surface area (Å²) in [5.41, 5.74) is 0. The first-order valence-electron chi connectivity index (χ1n) is 6.31. The molecule has 0 aliphatic carbocycles. The minimum Gasteiger partial charge on any atom is -0.468 e. The zero-order valence-electron chi connectivity index (χ0n) is 11.4. The second-order valence-electron chi connectivity index (χ2n) is 4.64. The molecule has 18 heavy (non-hydrogen) atoms. The Bertz CT molecular complexity index is 288. The molecule has 1 fully saturated rings. The van der Waals surface area contributed by atoms with Crippen LogP contribution in [0.1, 0.15) is 6.92 Å². The van der Waals surface area contributed by atoms with Gasteiger partial charge in [0.2, 0.25) is 5.91 Å². The summed E-state index contributed by atoms with van der Waals surface area (Å²) in [4.78, 5) is 27.1. The molecule has 0 saturated carbocycles. The van der Waals surface area contributed by atoms with E-state index in [4.69, 9.17) is 0 Å². The van der Waals surface area contributed by atoms with E-state index in [1.807, 2.05) is 23.8 Å². The minimum atomic E-state index is -0.224. The van der Waals surface area contributed by atoms with E-state index >= 15 is 0 Å². The van der Waals surface area contributed by atoms with Gasteiger partial charge in [-0.2, -0.15) is 0 Å². The number of hydrogen-bond acceptors (Lipinski definition) is 5. The van der Waals surface area contributed by atoms with Crippen LogP contribution in [-0.4, -0.2) is 75.1 Å². The second kappa shape index (κ2) is 7.33. The molecule has 104 valence electrons. The molecule has 0 aromatic heterocycles. The van der Waals surface area contributed by atoms with Crippen LogP contribution in [-0.2, 0) is 14.3 Å². The molecule has 1 amide bonds. The Labute approximate surface area is 108 Å². The Morgan fingerprint density at radius 2 is 1.89 bits per heavy atom. The Morgan fingerprint density at radius 1 is 1.28 bits per heavy atom. The average Bonchev–Trinajstić information content (AvgIpc) is 2.39. The highest BCUT2D eigenvalue weighted by atomic mass is 16.5. The van der Waals surface area contributed by atoms with Crippen molar-refractivity contribution < 1.29 is 14.3 Å². The van der Waals surface area contributed by atoms with Crippen LogP contribution in [0.2, 0.25) is 0 Å². The topological polar surface area (TPSA) is 61.9 Å². The molecule has 0 aromatic carbocycles. The second-order valence-corrected chi connectivity index (χ2v) is 4.64. The van der Waals surface area contributed by atoms with Crippen molar-refractivity contribution in [1.29, 1.82) is 0 Å². The van der Waals surface area contributed by atoms with E-state index in [2.05, 4.69) is 10.1 Å². The number of carbonyl (C=O) groups excluding carboxylic acids is 2. The lowest BCUT2D eigenvalue weighted by molar-refractivity contribution is -0.143. The van der Waals surface area contributed by atoms with Crippen molar-refractivity contribution in [1.82, 2.24) is 15.1 Å². The Kier molecular flexibility index (Phi) is 6.07. The summed E-state index contributed by atoms with van der Waals surface area (Å²) >= 11 is 0. The summed E-state index contributed by atoms with van der Waals surface area (Å²) in [5, 5.41) is 3.01. The van der Waals surface area contributed by atoms with Crippen LogP contribution in [0, 0.1) is 5.92 Å². The fourth-order valence-electron chi connectivity index (χ4n) is 2.08. The van der Waals surface area contributed by atoms with Crippen LogP contribution in [0.25, 0.3) is 0 Å². The van der Waals surface area contributed by atoms with Gasteiger partial charge in [-0.3, -0.25) is 14.5 Å². The monoisotopic (exact) mass is 257 g/mol. The Morgan fingerprint density at radius 3 is 2.39 bits per heavy atom. The van der Waals surface area contributed by atoms with Crippen LogP contribution in [0.3, 0.4) is 0 Å². The third-order valence-electron chi connectivity index (χ3n) is 3.20. The van der Waals surface area contributed by atoms with Gasteiger partial charge in [0, 0.05) is 38.6 Å². The van der Waals surface area contributed by atoms with Crippen molar-refractivity contribution in [2.75, 3.05) is 53.4 Å². The molecule has 0 bridgehead atoms. The van der Waals surface area contributed by atoms with E-state index < -0.39 is 0 Å². The molecule has 1 rings (SSSR count). The normalized spacial score (nSPS) is 18.5. The van der Waals surface area contributed by atoms with Crippen LogP contribution in [0.15, 0.2) is 0 Å². The summed E-state index contributed by atoms with van der Waals surface area (Å²) in [6, 6.07) is 0. The number of carbonyl (C=O) groups is 2. The summed E-state index contributed by atoms with van der Waals surface area (Å²) < 4.78 is 4.63. The lowest BCUT2D eigenvalue weighted by atomic mass is 10.1. The van der Waals surface area contributed by atoms with Gasteiger partial charge in [-0.05, 0) is 7.05 Å². The van der Waals surface area contributed by atoms with E-state index in [9.17, 15) is 9.59 Å². The van der Waals surface area contributed by atoms with E-state index in [1.165, 1.54) is 7.11 Å². The zero-order chi connectivity index (χ0) is 13.5. The first-order valence-corrected chi connectivity index (χ1v) is 6.31. The fraction of sp³-hybridized carbons (Fsp3) is 0.833. The Hall–Kier alpha value is -1.14. The zero-order valence-corrected chi connectivity index (χ0v) is 11.4. The summed E-state index contributed by atoms with van der Waals surface area (Å²) in [6.07, 6.45) is 0. The predicted molar refractivity (Wildman–Crippen MR) is 68.1 cm³/mol. The van der Waals surface area contributed by atoms with E-state index in [-0.39, 0.29) is 17.8 Å². The van der Waals surface area contributed by atoms with Gasteiger partial charge in [0.05, 0.1) is 13.7 Å². The third-order valence-corrected chi connectivity index (χ3v) is 3.20. The predicted octanol–water partition coefficient (Wildman–Crippen LogP) is -0.841. The molecule has 1 aliphatic heterocycles. The number of piperazine rings is 1. The van der Waals surface area contributed by atoms with Gasteiger partial charge in [-0.25, -0.2) is 0 Å². The smallest absolute Gasteiger partial charge is 0.319 e. The molecular weight excluding hydrogens is 234 g/mol. The lowest BCUT2D eigenvalue weighted by Gasteiger charge is -2.35. The SMILES string of the molecule is CNCC(C)C(=O)N1CCN(CC(=O)OC)CC1. The van der Waals surface area contributed by atoms with Crippen molar-refractivity contribution in [2.24, 2.45) is 5.92 Å². The molecule has 1 aliphatic rings.